The van der Waals surface area contributed by atoms with Gasteiger partial charge in [0.2, 0.25) is 0 Å². The first-order chi connectivity index (χ1) is 12.8. The maximum atomic E-state index is 12.4. The van der Waals surface area contributed by atoms with Crippen LogP contribution in [0.25, 0.3) is 0 Å². The summed E-state index contributed by atoms with van der Waals surface area (Å²) < 4.78 is 5.26. The average Bonchev–Trinajstić information content (AvgIpc) is 2.64. The topological polar surface area (TPSA) is 55.4 Å². The van der Waals surface area contributed by atoms with E-state index in [0.717, 1.165) is 17.7 Å². The molecule has 144 valence electrons. The van der Waals surface area contributed by atoms with Crippen LogP contribution in [-0.2, 0) is 20.7 Å². The van der Waals surface area contributed by atoms with E-state index < -0.39 is 12.1 Å². The lowest BCUT2D eigenvalue weighted by Crippen LogP contribution is -2.30. The standard InChI is InChI=1S/C21H23Cl2NO3/c1-4-13(2)16-7-5-6-8-19(16)24-21(26)14(3)27-20(25)12-15-9-10-17(22)18(23)11-15/h5-11,13-14H,4,12H2,1-3H3,(H,24,26)/t13-,14+/m1/s1. The van der Waals surface area contributed by atoms with E-state index in [1.807, 2.05) is 24.3 Å². The molecule has 0 radical (unpaired) electrons. The number of anilines is 1. The minimum atomic E-state index is -0.912. The van der Waals surface area contributed by atoms with Crippen LogP contribution in [-0.4, -0.2) is 18.0 Å². The molecule has 4 nitrogen and oxygen atoms in total. The molecule has 1 amide bonds. The molecule has 2 aromatic rings. The molecular formula is C21H23Cl2NO3. The molecule has 0 aliphatic carbocycles. The van der Waals surface area contributed by atoms with Crippen molar-refractivity contribution < 1.29 is 14.3 Å². The first-order valence-electron chi connectivity index (χ1n) is 8.85. The van der Waals surface area contributed by atoms with Gasteiger partial charge in [0.05, 0.1) is 16.5 Å². The van der Waals surface area contributed by atoms with Crippen LogP contribution in [0.2, 0.25) is 10.0 Å². The fraction of sp³-hybridized carbons (Fsp3) is 0.333. The zero-order valence-electron chi connectivity index (χ0n) is 15.6. The maximum absolute atomic E-state index is 12.4. The number of nitrogens with one attached hydrogen (secondary N) is 1. The maximum Gasteiger partial charge on any atom is 0.311 e. The molecule has 0 saturated heterocycles. The van der Waals surface area contributed by atoms with Crippen molar-refractivity contribution in [2.24, 2.45) is 0 Å². The predicted octanol–water partition coefficient (Wildman–Crippen LogP) is 5.62. The van der Waals surface area contributed by atoms with Gasteiger partial charge in [0.1, 0.15) is 0 Å². The monoisotopic (exact) mass is 407 g/mol. The Morgan fingerprint density at radius 1 is 1.07 bits per heavy atom. The van der Waals surface area contributed by atoms with Gasteiger partial charge in [0, 0.05) is 5.69 Å². The molecule has 27 heavy (non-hydrogen) atoms. The summed E-state index contributed by atoms with van der Waals surface area (Å²) in [6.45, 7) is 5.75. The highest BCUT2D eigenvalue weighted by atomic mass is 35.5. The van der Waals surface area contributed by atoms with Crippen molar-refractivity contribution >= 4 is 40.8 Å². The molecule has 2 rings (SSSR count). The van der Waals surface area contributed by atoms with E-state index in [0.29, 0.717) is 21.5 Å². The Morgan fingerprint density at radius 3 is 2.44 bits per heavy atom. The van der Waals surface area contributed by atoms with Crippen LogP contribution in [0.15, 0.2) is 42.5 Å². The van der Waals surface area contributed by atoms with Gasteiger partial charge in [0.15, 0.2) is 6.10 Å². The zero-order valence-corrected chi connectivity index (χ0v) is 17.1. The van der Waals surface area contributed by atoms with Gasteiger partial charge in [-0.2, -0.15) is 0 Å². The van der Waals surface area contributed by atoms with Gasteiger partial charge in [-0.15, -0.1) is 0 Å². The van der Waals surface area contributed by atoms with Gasteiger partial charge in [-0.25, -0.2) is 0 Å². The molecule has 0 aromatic heterocycles. The van der Waals surface area contributed by atoms with E-state index in [1.165, 1.54) is 0 Å². The van der Waals surface area contributed by atoms with Gasteiger partial charge in [0.25, 0.3) is 5.91 Å². The summed E-state index contributed by atoms with van der Waals surface area (Å²) in [6, 6.07) is 12.6. The fourth-order valence-electron chi connectivity index (χ4n) is 2.60. The summed E-state index contributed by atoms with van der Waals surface area (Å²) in [6.07, 6.45) is 0.0595. The van der Waals surface area contributed by atoms with E-state index >= 15 is 0 Å². The van der Waals surface area contributed by atoms with Crippen LogP contribution >= 0.6 is 23.2 Å². The second kappa shape index (κ2) is 9.77. The van der Waals surface area contributed by atoms with Gasteiger partial charge in [-0.1, -0.05) is 61.3 Å². The molecule has 0 aliphatic rings. The largest absolute Gasteiger partial charge is 0.452 e. The number of hydrogen-bond donors (Lipinski definition) is 1. The van der Waals surface area contributed by atoms with Crippen molar-refractivity contribution in [2.75, 3.05) is 5.32 Å². The number of para-hydroxylation sites is 1. The molecule has 2 atom stereocenters. The highest BCUT2D eigenvalue weighted by Crippen LogP contribution is 2.27. The Morgan fingerprint density at radius 2 is 1.78 bits per heavy atom. The third kappa shape index (κ3) is 5.98. The molecular weight excluding hydrogens is 385 g/mol. The second-order valence-electron chi connectivity index (χ2n) is 6.44. The third-order valence-electron chi connectivity index (χ3n) is 4.37. The molecule has 0 spiro atoms. The molecule has 0 aliphatic heterocycles. The lowest BCUT2D eigenvalue weighted by Gasteiger charge is -2.18. The number of benzene rings is 2. The normalized spacial score (nSPS) is 12.9. The Labute approximate surface area is 169 Å². The fourth-order valence-corrected chi connectivity index (χ4v) is 2.92. The summed E-state index contributed by atoms with van der Waals surface area (Å²) in [5, 5.41) is 3.64. The number of carbonyl (C=O) groups excluding carboxylic acids is 2. The van der Waals surface area contributed by atoms with Gasteiger partial charge in [-0.05, 0) is 48.6 Å². The summed E-state index contributed by atoms with van der Waals surface area (Å²) in [5.74, 6) is -0.562. The quantitative estimate of drug-likeness (QED) is 0.605. The Kier molecular flexibility index (Phi) is 7.69. The summed E-state index contributed by atoms with van der Waals surface area (Å²) in [7, 11) is 0. The number of rotatable bonds is 7. The van der Waals surface area contributed by atoms with Crippen molar-refractivity contribution in [1.82, 2.24) is 0 Å². The summed E-state index contributed by atoms with van der Waals surface area (Å²) in [5.41, 5.74) is 2.47. The van der Waals surface area contributed by atoms with Gasteiger partial charge < -0.3 is 10.1 Å². The van der Waals surface area contributed by atoms with Gasteiger partial charge in [-0.3, -0.25) is 9.59 Å². The third-order valence-corrected chi connectivity index (χ3v) is 5.11. The van der Waals surface area contributed by atoms with Crippen LogP contribution in [0.1, 0.15) is 44.2 Å². The molecule has 1 N–H and O–H groups in total. The Bertz CT molecular complexity index is 823. The van der Waals surface area contributed by atoms with E-state index in [-0.39, 0.29) is 12.3 Å². The SMILES string of the molecule is CC[C@@H](C)c1ccccc1NC(=O)[C@H](C)OC(=O)Cc1ccc(Cl)c(Cl)c1. The lowest BCUT2D eigenvalue weighted by molar-refractivity contribution is -0.152. The van der Waals surface area contributed by atoms with Crippen LogP contribution in [0.4, 0.5) is 5.69 Å². The molecule has 0 heterocycles. The first kappa shape index (κ1) is 21.3. The van der Waals surface area contributed by atoms with Crippen molar-refractivity contribution in [3.05, 3.63) is 63.6 Å². The molecule has 0 bridgehead atoms. The van der Waals surface area contributed by atoms with Crippen LogP contribution in [0, 0.1) is 0 Å². The number of esters is 1. The number of amides is 1. The molecule has 6 heteroatoms. The Balaban J connectivity index is 1.97. The highest BCUT2D eigenvalue weighted by Gasteiger charge is 2.20. The highest BCUT2D eigenvalue weighted by molar-refractivity contribution is 6.42. The number of hydrogen-bond acceptors (Lipinski definition) is 3. The van der Waals surface area contributed by atoms with Crippen LogP contribution in [0.3, 0.4) is 0 Å². The van der Waals surface area contributed by atoms with Crippen molar-refractivity contribution in [1.29, 1.82) is 0 Å². The summed E-state index contributed by atoms with van der Waals surface area (Å²) in [4.78, 5) is 24.6. The minimum Gasteiger partial charge on any atom is -0.452 e. The van der Waals surface area contributed by atoms with Crippen LogP contribution < -0.4 is 5.32 Å². The minimum absolute atomic E-state index is 0.0119. The molecule has 2 aromatic carbocycles. The van der Waals surface area contributed by atoms with E-state index in [1.54, 1.807) is 25.1 Å². The smallest absolute Gasteiger partial charge is 0.311 e. The van der Waals surface area contributed by atoms with E-state index in [4.69, 9.17) is 27.9 Å². The van der Waals surface area contributed by atoms with Gasteiger partial charge >= 0.3 is 5.97 Å². The van der Waals surface area contributed by atoms with Crippen molar-refractivity contribution in [2.45, 2.75) is 45.6 Å². The zero-order chi connectivity index (χ0) is 20.0. The average molecular weight is 408 g/mol. The van der Waals surface area contributed by atoms with E-state index in [9.17, 15) is 9.59 Å². The number of carbonyl (C=O) groups is 2. The van der Waals surface area contributed by atoms with Crippen molar-refractivity contribution in [3.63, 3.8) is 0 Å². The van der Waals surface area contributed by atoms with Crippen LogP contribution in [0.5, 0.6) is 0 Å². The lowest BCUT2D eigenvalue weighted by atomic mass is 9.97. The van der Waals surface area contributed by atoms with E-state index in [2.05, 4.69) is 19.2 Å². The van der Waals surface area contributed by atoms with Crippen molar-refractivity contribution in [3.8, 4) is 0 Å². The Hall–Kier alpha value is -2.04. The predicted molar refractivity (Wildman–Crippen MR) is 109 cm³/mol. The number of halogens is 2. The molecule has 0 unspecified atom stereocenters. The first-order valence-corrected chi connectivity index (χ1v) is 9.60. The number of ether oxygens (including phenoxy) is 1. The molecule has 0 fully saturated rings. The summed E-state index contributed by atoms with van der Waals surface area (Å²) >= 11 is 11.8. The second-order valence-corrected chi connectivity index (χ2v) is 7.26. The molecule has 0 saturated carbocycles.